The van der Waals surface area contributed by atoms with Gasteiger partial charge in [0.15, 0.2) is 0 Å². The van der Waals surface area contributed by atoms with Crippen molar-refractivity contribution in [1.82, 2.24) is 4.57 Å². The molecule has 5 rings (SSSR count). The lowest BCUT2D eigenvalue weighted by atomic mass is 10.0. The molecule has 4 N–H and O–H groups in total. The molecule has 7 nitrogen and oxygen atoms in total. The van der Waals surface area contributed by atoms with Gasteiger partial charge in [-0.05, 0) is 77.9 Å². The fraction of sp³-hybridized carbons (Fsp3) is 0.250. The molecule has 4 aromatic carbocycles. The molecule has 0 spiro atoms. The van der Waals surface area contributed by atoms with E-state index in [1.807, 2.05) is 54.6 Å². The first kappa shape index (κ1) is 30.0. The lowest BCUT2D eigenvalue weighted by Gasteiger charge is -2.23. The topological polar surface area (TPSA) is 107 Å². The zero-order valence-corrected chi connectivity index (χ0v) is 24.2. The third-order valence-electron chi connectivity index (χ3n) is 7.61. The van der Waals surface area contributed by atoms with Gasteiger partial charge in [0.25, 0.3) is 0 Å². The molecular weight excluding hydrogens is 540 g/mol. The summed E-state index contributed by atoms with van der Waals surface area (Å²) in [6.07, 6.45) is 4.66. The van der Waals surface area contributed by atoms with Crippen molar-refractivity contribution in [3.05, 3.63) is 132 Å². The summed E-state index contributed by atoms with van der Waals surface area (Å²) >= 11 is 0. The Morgan fingerprint density at radius 3 is 2.12 bits per heavy atom. The van der Waals surface area contributed by atoms with Crippen LogP contribution in [0, 0.1) is 0 Å². The van der Waals surface area contributed by atoms with E-state index in [2.05, 4.69) is 59.3 Å². The Kier molecular flexibility index (Phi) is 9.89. The van der Waals surface area contributed by atoms with Crippen LogP contribution in [0.4, 0.5) is 0 Å². The van der Waals surface area contributed by atoms with Crippen molar-refractivity contribution in [2.45, 2.75) is 37.8 Å². The second-order valence-corrected chi connectivity index (χ2v) is 11.0. The number of ether oxygens (including phenoxy) is 2. The molecule has 0 aliphatic rings. The fourth-order valence-corrected chi connectivity index (χ4v) is 4.97. The van der Waals surface area contributed by atoms with Crippen LogP contribution in [0.5, 0.6) is 5.75 Å². The van der Waals surface area contributed by atoms with Crippen LogP contribution < -0.4 is 10.5 Å². The van der Waals surface area contributed by atoms with E-state index >= 15 is 0 Å². The maximum absolute atomic E-state index is 12.4. The zero-order valence-electron chi connectivity index (χ0n) is 24.2. The Balaban J connectivity index is 1.34. The van der Waals surface area contributed by atoms with Gasteiger partial charge in [-0.25, -0.2) is 0 Å². The van der Waals surface area contributed by atoms with Gasteiger partial charge in [-0.3, -0.25) is 4.79 Å². The number of rotatable bonds is 14. The zero-order chi connectivity index (χ0) is 30.1. The van der Waals surface area contributed by atoms with Crippen molar-refractivity contribution in [3.8, 4) is 11.4 Å². The number of hydrogen-bond donors (Lipinski definition) is 3. The number of hydrogen-bond acceptors (Lipinski definition) is 6. The maximum atomic E-state index is 12.4. The highest BCUT2D eigenvalue weighted by Gasteiger charge is 2.25. The molecule has 0 unspecified atom stereocenters. The number of fused-ring (bicyclic) bond motifs is 1. The van der Waals surface area contributed by atoms with Crippen LogP contribution in [0.2, 0.25) is 0 Å². The van der Waals surface area contributed by atoms with Crippen molar-refractivity contribution >= 4 is 16.9 Å². The smallest absolute Gasteiger partial charge is 0.306 e. The molecule has 43 heavy (non-hydrogen) atoms. The van der Waals surface area contributed by atoms with Gasteiger partial charge in [-0.1, -0.05) is 66.7 Å². The lowest BCUT2D eigenvalue weighted by molar-refractivity contribution is -0.146. The standard InChI is InChI=1S/C36H38N2O5/c37-36(24-39,25-40)26-43-35(41)20-13-28-12-19-34-33(21-28)30(14-11-27-7-3-1-4-8-27)22-38(34)31-15-17-32(18-16-31)42-23-29-9-5-2-6-10-29/h1-10,12,15-19,21-22,39-40H,11,13-14,20,23-26,37H2. The predicted octanol–water partition coefficient (Wildman–Crippen LogP) is 5.15. The Morgan fingerprint density at radius 1 is 0.767 bits per heavy atom. The van der Waals surface area contributed by atoms with Gasteiger partial charge in [0.2, 0.25) is 0 Å². The van der Waals surface area contributed by atoms with Gasteiger partial charge in [-0.2, -0.15) is 0 Å². The van der Waals surface area contributed by atoms with Crippen molar-refractivity contribution in [1.29, 1.82) is 0 Å². The first-order valence-corrected chi connectivity index (χ1v) is 14.6. The van der Waals surface area contributed by atoms with Crippen LogP contribution in [0.15, 0.2) is 109 Å². The van der Waals surface area contributed by atoms with Gasteiger partial charge in [-0.15, -0.1) is 0 Å². The summed E-state index contributed by atoms with van der Waals surface area (Å²) in [4.78, 5) is 12.4. The molecule has 0 bridgehead atoms. The Labute approximate surface area is 252 Å². The molecule has 0 saturated heterocycles. The highest BCUT2D eigenvalue weighted by atomic mass is 16.5. The number of nitrogens with zero attached hydrogens (tertiary/aromatic N) is 1. The molecule has 0 fully saturated rings. The molecule has 0 aliphatic carbocycles. The van der Waals surface area contributed by atoms with Gasteiger partial charge < -0.3 is 30.0 Å². The van der Waals surface area contributed by atoms with Crippen LogP contribution in [0.3, 0.4) is 0 Å². The summed E-state index contributed by atoms with van der Waals surface area (Å²) in [5, 5.41) is 19.8. The number of aryl methyl sites for hydroxylation is 3. The van der Waals surface area contributed by atoms with Crippen molar-refractivity contribution < 1.29 is 24.5 Å². The van der Waals surface area contributed by atoms with Crippen LogP contribution in [0.1, 0.15) is 28.7 Å². The molecule has 0 atom stereocenters. The van der Waals surface area contributed by atoms with Crippen LogP contribution in [-0.4, -0.2) is 46.1 Å². The van der Waals surface area contributed by atoms with Crippen LogP contribution in [-0.2, 0) is 35.4 Å². The van der Waals surface area contributed by atoms with E-state index in [9.17, 15) is 15.0 Å². The van der Waals surface area contributed by atoms with Crippen molar-refractivity contribution in [3.63, 3.8) is 0 Å². The first-order valence-electron chi connectivity index (χ1n) is 14.6. The van der Waals surface area contributed by atoms with E-state index in [0.29, 0.717) is 13.0 Å². The summed E-state index contributed by atoms with van der Waals surface area (Å²) < 4.78 is 13.4. The van der Waals surface area contributed by atoms with Gasteiger partial charge in [0.1, 0.15) is 19.0 Å². The molecule has 1 aromatic heterocycles. The molecule has 1 heterocycles. The Bertz CT molecular complexity index is 1610. The molecule has 0 amide bonds. The van der Waals surface area contributed by atoms with E-state index < -0.39 is 24.7 Å². The number of carbonyl (C=O) groups is 1. The number of carbonyl (C=O) groups excluding carboxylic acids is 1. The maximum Gasteiger partial charge on any atom is 0.306 e. The first-order chi connectivity index (χ1) is 21.0. The number of nitrogens with two attached hydrogens (primary N) is 1. The largest absolute Gasteiger partial charge is 0.489 e. The van der Waals surface area contributed by atoms with Gasteiger partial charge in [0.05, 0.1) is 24.3 Å². The lowest BCUT2D eigenvalue weighted by Crippen LogP contribution is -2.51. The van der Waals surface area contributed by atoms with E-state index in [0.717, 1.165) is 46.3 Å². The molecule has 7 heteroatoms. The highest BCUT2D eigenvalue weighted by Crippen LogP contribution is 2.29. The summed E-state index contributed by atoms with van der Waals surface area (Å²) in [7, 11) is 0. The minimum Gasteiger partial charge on any atom is -0.489 e. The number of aliphatic hydroxyl groups is 2. The summed E-state index contributed by atoms with van der Waals surface area (Å²) in [6, 6.07) is 35.0. The molecule has 222 valence electrons. The molecule has 0 saturated carbocycles. The van der Waals surface area contributed by atoms with Crippen LogP contribution >= 0.6 is 0 Å². The molecule has 0 radical (unpaired) electrons. The minimum atomic E-state index is -1.34. The number of aromatic nitrogens is 1. The SMILES string of the molecule is NC(CO)(CO)COC(=O)CCc1ccc2c(c1)c(CCc1ccccc1)cn2-c1ccc(OCc2ccccc2)cc1. The molecule has 0 aliphatic heterocycles. The Hall–Kier alpha value is -4.43. The van der Waals surface area contributed by atoms with Crippen molar-refractivity contribution in [2.75, 3.05) is 19.8 Å². The van der Waals surface area contributed by atoms with Crippen LogP contribution in [0.25, 0.3) is 16.6 Å². The summed E-state index contributed by atoms with van der Waals surface area (Å²) in [5.74, 6) is 0.389. The van der Waals surface area contributed by atoms with Gasteiger partial charge in [0, 0.05) is 23.7 Å². The number of benzene rings is 4. The number of aliphatic hydroxyl groups excluding tert-OH is 2. The van der Waals surface area contributed by atoms with E-state index in [4.69, 9.17) is 15.2 Å². The normalized spacial score (nSPS) is 11.5. The second kappa shape index (κ2) is 14.2. The third-order valence-corrected chi connectivity index (χ3v) is 7.61. The van der Waals surface area contributed by atoms with Crippen molar-refractivity contribution in [2.24, 2.45) is 5.73 Å². The monoisotopic (exact) mass is 578 g/mol. The quantitative estimate of drug-likeness (QED) is 0.157. The Morgan fingerprint density at radius 2 is 1.44 bits per heavy atom. The average molecular weight is 579 g/mol. The minimum absolute atomic E-state index is 0.170. The fourth-order valence-electron chi connectivity index (χ4n) is 4.97. The second-order valence-electron chi connectivity index (χ2n) is 11.0. The molecular formula is C36H38N2O5. The summed E-state index contributed by atoms with van der Waals surface area (Å²) in [5.41, 5.74) is 11.3. The average Bonchev–Trinajstić information content (AvgIpc) is 3.43. The number of esters is 1. The van der Waals surface area contributed by atoms with Gasteiger partial charge >= 0.3 is 5.97 Å². The van der Waals surface area contributed by atoms with E-state index in [1.54, 1.807) is 0 Å². The highest BCUT2D eigenvalue weighted by molar-refractivity contribution is 5.86. The molecule has 5 aromatic rings. The van der Waals surface area contributed by atoms with E-state index in [1.165, 1.54) is 11.1 Å². The summed E-state index contributed by atoms with van der Waals surface area (Å²) in [6.45, 7) is -0.664. The third kappa shape index (κ3) is 7.90. The predicted molar refractivity (Wildman–Crippen MR) is 168 cm³/mol. The van der Waals surface area contributed by atoms with E-state index in [-0.39, 0.29) is 13.0 Å².